The highest BCUT2D eigenvalue weighted by Gasteiger charge is 2.24. The van der Waals surface area contributed by atoms with Crippen molar-refractivity contribution in [2.75, 3.05) is 6.61 Å². The average Bonchev–Trinajstić information content (AvgIpc) is 3.30. The van der Waals surface area contributed by atoms with Gasteiger partial charge in [-0.3, -0.25) is 9.59 Å². The number of carbonyl (C=O) groups is 2. The highest BCUT2D eigenvalue weighted by molar-refractivity contribution is 5.77. The summed E-state index contributed by atoms with van der Waals surface area (Å²) in [7, 11) is 0. The van der Waals surface area contributed by atoms with E-state index in [0.29, 0.717) is 19.3 Å². The van der Waals surface area contributed by atoms with Crippen molar-refractivity contribution in [1.82, 2.24) is 5.32 Å². The van der Waals surface area contributed by atoms with Crippen molar-refractivity contribution >= 4 is 11.9 Å². The molecular weight excluding hydrogens is 803 g/mol. The molecule has 0 aliphatic heterocycles. The fourth-order valence-corrected chi connectivity index (χ4v) is 8.40. The summed E-state index contributed by atoms with van der Waals surface area (Å²) in [4.78, 5) is 26.2. The lowest BCUT2D eigenvalue weighted by atomic mass is 10.0. The third kappa shape index (κ3) is 47.8. The van der Waals surface area contributed by atoms with Crippen molar-refractivity contribution in [3.8, 4) is 0 Å². The van der Waals surface area contributed by atoms with E-state index in [1.807, 2.05) is 0 Å². The number of nitrogens with one attached hydrogen (secondary N) is 1. The minimum absolute atomic E-state index is 0.0633. The van der Waals surface area contributed by atoms with Crippen LogP contribution < -0.4 is 5.32 Å². The van der Waals surface area contributed by atoms with Gasteiger partial charge in [-0.05, 0) is 77.0 Å². The smallest absolute Gasteiger partial charge is 0.306 e. The highest BCUT2D eigenvalue weighted by Crippen LogP contribution is 2.18. The number of unbranched alkanes of at least 4 members (excludes halogenated alkanes) is 30. The van der Waals surface area contributed by atoms with Crippen molar-refractivity contribution in [1.29, 1.82) is 0 Å². The van der Waals surface area contributed by atoms with Crippen LogP contribution in [0.1, 0.15) is 278 Å². The zero-order valence-electron chi connectivity index (χ0n) is 43.1. The number of rotatable bonds is 50. The molecule has 3 unspecified atom stereocenters. The maximum atomic E-state index is 13.3. The minimum Gasteiger partial charge on any atom is -0.462 e. The van der Waals surface area contributed by atoms with Crippen LogP contribution in [0.15, 0.2) is 60.8 Å². The van der Waals surface area contributed by atoms with E-state index in [2.05, 4.69) is 86.8 Å². The number of carbonyl (C=O) groups excluding carboxylic acids is 2. The van der Waals surface area contributed by atoms with E-state index in [4.69, 9.17) is 4.74 Å². The Morgan fingerprint density at radius 1 is 0.477 bits per heavy atom. The first kappa shape index (κ1) is 62.6. The van der Waals surface area contributed by atoms with Gasteiger partial charge in [-0.25, -0.2) is 0 Å². The third-order valence-electron chi connectivity index (χ3n) is 12.6. The van der Waals surface area contributed by atoms with Crippen molar-refractivity contribution in [2.45, 2.75) is 296 Å². The van der Waals surface area contributed by atoms with Crippen LogP contribution in [0.2, 0.25) is 0 Å². The predicted molar refractivity (Wildman–Crippen MR) is 282 cm³/mol. The second kappa shape index (κ2) is 52.5. The molecular formula is C59H107NO5. The van der Waals surface area contributed by atoms with E-state index >= 15 is 0 Å². The van der Waals surface area contributed by atoms with Gasteiger partial charge in [0.25, 0.3) is 0 Å². The number of aliphatic hydroxyl groups excluding tert-OH is 2. The van der Waals surface area contributed by atoms with Crippen molar-refractivity contribution in [3.05, 3.63) is 60.8 Å². The molecule has 6 heteroatoms. The van der Waals surface area contributed by atoms with Gasteiger partial charge in [0.15, 0.2) is 0 Å². The maximum Gasteiger partial charge on any atom is 0.306 e. The first-order chi connectivity index (χ1) is 32.0. The summed E-state index contributed by atoms with van der Waals surface area (Å²) in [5.41, 5.74) is 0. The van der Waals surface area contributed by atoms with Crippen LogP contribution in [-0.2, 0) is 14.3 Å². The summed E-state index contributed by atoms with van der Waals surface area (Å²) in [5, 5.41) is 23.9. The van der Waals surface area contributed by atoms with E-state index < -0.39 is 18.2 Å². The molecule has 0 aromatic carbocycles. The van der Waals surface area contributed by atoms with Gasteiger partial charge in [-0.2, -0.15) is 0 Å². The normalized spacial score (nSPS) is 13.6. The standard InChI is InChI=1S/C59H107NO5/c1-4-7-10-13-16-19-22-25-27-29-30-33-35-38-41-44-47-50-55(65-59(64)52-49-46-43-40-37-32-24-21-18-15-12-9-6-3)53-58(63)60-56(54-61)57(62)51-48-45-42-39-36-34-31-28-26-23-20-17-14-11-8-5-2/h9,12,15-16,18-19,21,24-25,27,55-57,61-62H,4-8,10-11,13-14,17,20,22-23,26,28-54H2,1-3H3,(H,60,63)/b12-9+,18-15+,19-16-,24-21-,27-25-. The van der Waals surface area contributed by atoms with E-state index in [1.165, 1.54) is 135 Å². The topological polar surface area (TPSA) is 95.9 Å². The molecule has 6 nitrogen and oxygen atoms in total. The van der Waals surface area contributed by atoms with Crippen LogP contribution in [0.4, 0.5) is 0 Å². The van der Waals surface area contributed by atoms with Crippen LogP contribution >= 0.6 is 0 Å². The van der Waals surface area contributed by atoms with E-state index in [0.717, 1.165) is 96.3 Å². The number of hydrogen-bond acceptors (Lipinski definition) is 5. The molecule has 1 amide bonds. The predicted octanol–water partition coefficient (Wildman–Crippen LogP) is 17.2. The van der Waals surface area contributed by atoms with Gasteiger partial charge < -0.3 is 20.3 Å². The highest BCUT2D eigenvalue weighted by atomic mass is 16.5. The molecule has 3 atom stereocenters. The quantitative estimate of drug-likeness (QED) is 0.0245. The second-order valence-corrected chi connectivity index (χ2v) is 19.0. The second-order valence-electron chi connectivity index (χ2n) is 19.0. The molecule has 0 bridgehead atoms. The van der Waals surface area contributed by atoms with Gasteiger partial charge in [0.2, 0.25) is 5.91 Å². The molecule has 0 aliphatic rings. The zero-order valence-corrected chi connectivity index (χ0v) is 43.1. The largest absolute Gasteiger partial charge is 0.462 e. The van der Waals surface area contributed by atoms with Gasteiger partial charge in [0.1, 0.15) is 6.10 Å². The summed E-state index contributed by atoms with van der Waals surface area (Å²) in [6.07, 6.45) is 65.7. The molecule has 65 heavy (non-hydrogen) atoms. The third-order valence-corrected chi connectivity index (χ3v) is 12.6. The Bertz CT molecular complexity index is 1160. The van der Waals surface area contributed by atoms with E-state index in [-0.39, 0.29) is 24.9 Å². The van der Waals surface area contributed by atoms with Crippen molar-refractivity contribution < 1.29 is 24.5 Å². The van der Waals surface area contributed by atoms with Gasteiger partial charge in [0, 0.05) is 6.42 Å². The van der Waals surface area contributed by atoms with Crippen LogP contribution in [0, 0.1) is 0 Å². The van der Waals surface area contributed by atoms with Crippen LogP contribution in [0.25, 0.3) is 0 Å². The van der Waals surface area contributed by atoms with Gasteiger partial charge in [-0.1, -0.05) is 248 Å². The summed E-state index contributed by atoms with van der Waals surface area (Å²) in [6.45, 7) is 6.34. The number of ether oxygens (including phenoxy) is 1. The van der Waals surface area contributed by atoms with Gasteiger partial charge >= 0.3 is 5.97 Å². The Balaban J connectivity index is 4.58. The lowest BCUT2D eigenvalue weighted by Gasteiger charge is -2.24. The fraction of sp³-hybridized carbons (Fsp3) is 0.797. The molecule has 378 valence electrons. The van der Waals surface area contributed by atoms with E-state index in [9.17, 15) is 19.8 Å². The molecule has 0 spiro atoms. The first-order valence-corrected chi connectivity index (χ1v) is 28.0. The summed E-state index contributed by atoms with van der Waals surface area (Å²) in [6, 6.07) is -0.710. The van der Waals surface area contributed by atoms with Crippen LogP contribution in [0.5, 0.6) is 0 Å². The van der Waals surface area contributed by atoms with Crippen molar-refractivity contribution in [3.63, 3.8) is 0 Å². The monoisotopic (exact) mass is 910 g/mol. The van der Waals surface area contributed by atoms with Crippen LogP contribution in [0.3, 0.4) is 0 Å². The van der Waals surface area contributed by atoms with Crippen LogP contribution in [-0.4, -0.2) is 46.9 Å². The molecule has 0 saturated carbocycles. The molecule has 0 aromatic heterocycles. The molecule has 0 aliphatic carbocycles. The number of hydrogen-bond donors (Lipinski definition) is 3. The van der Waals surface area contributed by atoms with Gasteiger partial charge in [0.05, 0.1) is 25.2 Å². The summed E-state index contributed by atoms with van der Waals surface area (Å²) >= 11 is 0. The fourth-order valence-electron chi connectivity index (χ4n) is 8.40. The van der Waals surface area contributed by atoms with Crippen molar-refractivity contribution in [2.24, 2.45) is 0 Å². The molecule has 0 aromatic rings. The SMILES string of the molecule is CC/C=C/C=C/C=C\CCCCCCCC(=O)OC(CCCCCCCCC/C=C\C/C=C\CCCCC)CC(=O)NC(CO)C(O)CCCCCCCCCCCCCCCCCC. The molecule has 3 N–H and O–H groups in total. The Kier molecular flexibility index (Phi) is 50.6. The minimum atomic E-state index is -0.796. The molecule has 0 rings (SSSR count). The number of allylic oxidation sites excluding steroid dienone is 10. The molecule has 0 heterocycles. The Morgan fingerprint density at radius 2 is 0.892 bits per heavy atom. The molecule has 0 fully saturated rings. The van der Waals surface area contributed by atoms with Gasteiger partial charge in [-0.15, -0.1) is 0 Å². The zero-order chi connectivity index (χ0) is 47.4. The Morgan fingerprint density at radius 3 is 1.40 bits per heavy atom. The molecule has 0 radical (unpaired) electrons. The molecule has 0 saturated heterocycles. The Labute approximate surface area is 403 Å². The number of esters is 1. The lowest BCUT2D eigenvalue weighted by Crippen LogP contribution is -2.46. The lowest BCUT2D eigenvalue weighted by molar-refractivity contribution is -0.151. The summed E-state index contributed by atoms with van der Waals surface area (Å²) in [5.74, 6) is -0.499. The first-order valence-electron chi connectivity index (χ1n) is 28.0. The maximum absolute atomic E-state index is 13.3. The Hall–Kier alpha value is -2.44. The number of amides is 1. The summed E-state index contributed by atoms with van der Waals surface area (Å²) < 4.78 is 5.94. The average molecular weight is 911 g/mol. The number of aliphatic hydroxyl groups is 2. The van der Waals surface area contributed by atoms with E-state index in [1.54, 1.807) is 0 Å².